The average Bonchev–Trinajstić information content (AvgIpc) is 2.14. The van der Waals surface area contributed by atoms with Crippen molar-refractivity contribution >= 4 is 17.9 Å². The lowest BCUT2D eigenvalue weighted by molar-refractivity contribution is -0.139. The molecular weight excluding hydrogens is 216 g/mol. The second kappa shape index (κ2) is 15.6. The Hall–Kier alpha value is -1.85. The molecule has 0 spiro atoms. The molecule has 0 bridgehead atoms. The van der Waals surface area contributed by atoms with Gasteiger partial charge in [-0.2, -0.15) is 0 Å². The van der Waals surface area contributed by atoms with E-state index in [0.717, 1.165) is 6.92 Å². The van der Waals surface area contributed by atoms with Crippen molar-refractivity contribution in [3.05, 3.63) is 13.2 Å². The number of carboxylic acid groups (broad SMARTS) is 3. The molecule has 0 amide bonds. The highest BCUT2D eigenvalue weighted by Gasteiger charge is 1.99. The SMILES string of the molecule is C=C.CC(=O)O.O=C(O)CCCCC(=O)O. The predicted octanol–water partition coefficient (Wildman–Crippen LogP) is 1.61. The Morgan fingerprint density at radius 2 is 1.06 bits per heavy atom. The molecule has 0 heterocycles. The van der Waals surface area contributed by atoms with Gasteiger partial charge in [0.2, 0.25) is 0 Å². The molecule has 16 heavy (non-hydrogen) atoms. The fourth-order valence-corrected chi connectivity index (χ4v) is 0.552. The van der Waals surface area contributed by atoms with Crippen LogP contribution in [-0.4, -0.2) is 33.2 Å². The number of hydrogen-bond donors (Lipinski definition) is 3. The summed E-state index contributed by atoms with van der Waals surface area (Å²) in [4.78, 5) is 28.8. The molecule has 3 N–H and O–H groups in total. The van der Waals surface area contributed by atoms with E-state index in [-0.39, 0.29) is 12.8 Å². The summed E-state index contributed by atoms with van der Waals surface area (Å²) in [5.41, 5.74) is 0. The van der Waals surface area contributed by atoms with Gasteiger partial charge in [0, 0.05) is 19.8 Å². The van der Waals surface area contributed by atoms with Crippen LogP contribution in [0.2, 0.25) is 0 Å². The van der Waals surface area contributed by atoms with Crippen LogP contribution in [0.15, 0.2) is 13.2 Å². The molecule has 6 heteroatoms. The fourth-order valence-electron chi connectivity index (χ4n) is 0.552. The Labute approximate surface area is 94.2 Å². The van der Waals surface area contributed by atoms with Gasteiger partial charge in [0.05, 0.1) is 0 Å². The summed E-state index contributed by atoms with van der Waals surface area (Å²) in [5.74, 6) is -2.57. The lowest BCUT2D eigenvalue weighted by atomic mass is 10.2. The largest absolute Gasteiger partial charge is 0.481 e. The van der Waals surface area contributed by atoms with E-state index in [1.165, 1.54) is 0 Å². The third kappa shape index (κ3) is 57.0. The van der Waals surface area contributed by atoms with E-state index >= 15 is 0 Å². The highest BCUT2D eigenvalue weighted by molar-refractivity contribution is 5.67. The highest BCUT2D eigenvalue weighted by Crippen LogP contribution is 1.98. The molecule has 0 rings (SSSR count). The number of rotatable bonds is 5. The molecule has 0 radical (unpaired) electrons. The number of aliphatic carboxylic acids is 3. The molecule has 0 aromatic heterocycles. The van der Waals surface area contributed by atoms with Crippen molar-refractivity contribution < 1.29 is 29.7 Å². The highest BCUT2D eigenvalue weighted by atomic mass is 16.4. The molecule has 0 aromatic rings. The van der Waals surface area contributed by atoms with Crippen molar-refractivity contribution in [3.63, 3.8) is 0 Å². The van der Waals surface area contributed by atoms with Crippen LogP contribution in [0.3, 0.4) is 0 Å². The summed E-state index contributed by atoms with van der Waals surface area (Å²) >= 11 is 0. The molecule has 0 aromatic carbocycles. The Kier molecular flexibility index (Phi) is 19.2. The summed E-state index contributed by atoms with van der Waals surface area (Å²) in [7, 11) is 0. The first-order chi connectivity index (χ1) is 7.36. The van der Waals surface area contributed by atoms with Crippen LogP contribution < -0.4 is 0 Å². The molecule has 0 aliphatic heterocycles. The van der Waals surface area contributed by atoms with E-state index in [4.69, 9.17) is 20.1 Å². The Morgan fingerprint density at radius 1 is 0.875 bits per heavy atom. The van der Waals surface area contributed by atoms with Gasteiger partial charge >= 0.3 is 11.9 Å². The third-order valence-corrected chi connectivity index (χ3v) is 1.03. The molecule has 0 atom stereocenters. The number of hydrogen-bond acceptors (Lipinski definition) is 3. The summed E-state index contributed by atoms with van der Waals surface area (Å²) < 4.78 is 0. The van der Waals surface area contributed by atoms with Crippen LogP contribution in [0.25, 0.3) is 0 Å². The van der Waals surface area contributed by atoms with Crippen molar-refractivity contribution in [2.24, 2.45) is 0 Å². The van der Waals surface area contributed by atoms with E-state index in [1.54, 1.807) is 0 Å². The zero-order valence-electron chi connectivity index (χ0n) is 9.31. The Balaban J connectivity index is -0.000000237. The first kappa shape index (κ1) is 19.7. The number of carbonyl (C=O) groups is 3. The summed E-state index contributed by atoms with van der Waals surface area (Å²) in [6.45, 7) is 7.08. The maximum absolute atomic E-state index is 9.90. The van der Waals surface area contributed by atoms with E-state index in [9.17, 15) is 9.59 Å². The molecule has 0 saturated heterocycles. The molecule has 94 valence electrons. The van der Waals surface area contributed by atoms with Gasteiger partial charge in [-0.25, -0.2) is 0 Å². The molecule has 0 fully saturated rings. The van der Waals surface area contributed by atoms with Gasteiger partial charge in [-0.1, -0.05) is 0 Å². The maximum atomic E-state index is 9.90. The first-order valence-corrected chi connectivity index (χ1v) is 4.49. The van der Waals surface area contributed by atoms with Crippen LogP contribution in [0.5, 0.6) is 0 Å². The fraction of sp³-hybridized carbons (Fsp3) is 0.500. The Bertz CT molecular complexity index is 191. The number of unbranched alkanes of at least 4 members (excludes halogenated alkanes) is 1. The average molecular weight is 234 g/mol. The van der Waals surface area contributed by atoms with Crippen LogP contribution in [-0.2, 0) is 14.4 Å². The monoisotopic (exact) mass is 234 g/mol. The molecule has 0 aliphatic carbocycles. The van der Waals surface area contributed by atoms with Crippen molar-refractivity contribution in [2.45, 2.75) is 32.6 Å². The van der Waals surface area contributed by atoms with Crippen LogP contribution in [0.1, 0.15) is 32.6 Å². The number of carboxylic acids is 3. The minimum atomic E-state index is -0.870. The zero-order chi connectivity index (χ0) is 13.6. The third-order valence-electron chi connectivity index (χ3n) is 1.03. The van der Waals surface area contributed by atoms with Gasteiger partial charge in [0.15, 0.2) is 0 Å². The maximum Gasteiger partial charge on any atom is 0.303 e. The minimum Gasteiger partial charge on any atom is -0.481 e. The van der Waals surface area contributed by atoms with Crippen molar-refractivity contribution in [3.8, 4) is 0 Å². The van der Waals surface area contributed by atoms with Crippen LogP contribution >= 0.6 is 0 Å². The topological polar surface area (TPSA) is 112 Å². The lowest BCUT2D eigenvalue weighted by Gasteiger charge is -1.92. The van der Waals surface area contributed by atoms with Gasteiger partial charge in [0.25, 0.3) is 5.97 Å². The van der Waals surface area contributed by atoms with Gasteiger partial charge in [-0.05, 0) is 12.8 Å². The standard InChI is InChI=1S/C6H10O4.C2H4O2.C2H4/c7-5(8)3-1-2-4-6(9)10;1-2(3)4;1-2/h1-4H2,(H,7,8)(H,9,10);1H3,(H,3,4);1-2H2. The molecule has 0 saturated carbocycles. The predicted molar refractivity (Wildman–Crippen MR) is 58.3 cm³/mol. The van der Waals surface area contributed by atoms with E-state index in [0.29, 0.717) is 12.8 Å². The van der Waals surface area contributed by atoms with Gasteiger partial charge in [-0.3, -0.25) is 14.4 Å². The van der Waals surface area contributed by atoms with E-state index < -0.39 is 17.9 Å². The van der Waals surface area contributed by atoms with Crippen molar-refractivity contribution in [1.29, 1.82) is 0 Å². The molecule has 0 aliphatic rings. The lowest BCUT2D eigenvalue weighted by Crippen LogP contribution is -1.97. The first-order valence-electron chi connectivity index (χ1n) is 4.49. The minimum absolute atomic E-state index is 0.0628. The molecular formula is C10H18O6. The van der Waals surface area contributed by atoms with Crippen LogP contribution in [0, 0.1) is 0 Å². The quantitative estimate of drug-likeness (QED) is 0.492. The van der Waals surface area contributed by atoms with Gasteiger partial charge in [-0.15, -0.1) is 13.2 Å². The second-order valence-electron chi connectivity index (χ2n) is 2.51. The van der Waals surface area contributed by atoms with E-state index in [1.807, 2.05) is 0 Å². The van der Waals surface area contributed by atoms with Crippen molar-refractivity contribution in [1.82, 2.24) is 0 Å². The van der Waals surface area contributed by atoms with Crippen LogP contribution in [0.4, 0.5) is 0 Å². The molecule has 0 unspecified atom stereocenters. The normalized spacial score (nSPS) is 7.56. The summed E-state index contributed by atoms with van der Waals surface area (Å²) in [6.07, 6.45) is 1.02. The summed E-state index contributed by atoms with van der Waals surface area (Å²) in [5, 5.41) is 23.7. The Morgan fingerprint density at radius 3 is 1.19 bits per heavy atom. The smallest absolute Gasteiger partial charge is 0.303 e. The zero-order valence-corrected chi connectivity index (χ0v) is 9.31. The van der Waals surface area contributed by atoms with E-state index in [2.05, 4.69) is 13.2 Å². The molecule has 6 nitrogen and oxygen atoms in total. The van der Waals surface area contributed by atoms with Gasteiger partial charge < -0.3 is 15.3 Å². The summed E-state index contributed by atoms with van der Waals surface area (Å²) in [6, 6.07) is 0. The van der Waals surface area contributed by atoms with Crippen molar-refractivity contribution in [2.75, 3.05) is 0 Å². The second-order valence-corrected chi connectivity index (χ2v) is 2.51. The van der Waals surface area contributed by atoms with Gasteiger partial charge in [0.1, 0.15) is 0 Å².